The Morgan fingerprint density at radius 1 is 1.18 bits per heavy atom. The van der Waals surface area contributed by atoms with Crippen LogP contribution in [0.3, 0.4) is 0 Å². The van der Waals surface area contributed by atoms with Crippen molar-refractivity contribution in [2.45, 2.75) is 19.4 Å². The van der Waals surface area contributed by atoms with Crippen LogP contribution in [-0.2, 0) is 6.42 Å². The summed E-state index contributed by atoms with van der Waals surface area (Å²) in [6.07, 6.45) is 6.42. The van der Waals surface area contributed by atoms with Crippen molar-refractivity contribution >= 4 is 10.8 Å². The topological polar surface area (TPSA) is 12.0 Å². The summed E-state index contributed by atoms with van der Waals surface area (Å²) < 4.78 is 0. The number of likely N-dealkylation sites (N-methyl/N-ethyl adjacent to an activating group) is 1. The number of hydrogen-bond acceptors (Lipinski definition) is 1. The van der Waals surface area contributed by atoms with Crippen molar-refractivity contribution in [1.82, 2.24) is 5.32 Å². The van der Waals surface area contributed by atoms with Crippen LogP contribution in [0.5, 0.6) is 0 Å². The minimum atomic E-state index is 0.116. The molecule has 0 spiro atoms. The number of benzene rings is 2. The highest BCUT2D eigenvalue weighted by Crippen LogP contribution is 2.19. The summed E-state index contributed by atoms with van der Waals surface area (Å²) in [4.78, 5) is 0. The van der Waals surface area contributed by atoms with E-state index in [4.69, 9.17) is 6.42 Å². The van der Waals surface area contributed by atoms with Crippen molar-refractivity contribution in [2.75, 3.05) is 6.54 Å². The maximum atomic E-state index is 5.54. The quantitative estimate of drug-likeness (QED) is 0.786. The molecule has 0 aliphatic carbocycles. The van der Waals surface area contributed by atoms with Gasteiger partial charge in [0.2, 0.25) is 0 Å². The first kappa shape index (κ1) is 11.7. The zero-order valence-corrected chi connectivity index (χ0v) is 10.1. The summed E-state index contributed by atoms with van der Waals surface area (Å²) in [6.45, 7) is 2.98. The van der Waals surface area contributed by atoms with E-state index in [1.54, 1.807) is 0 Å². The van der Waals surface area contributed by atoms with E-state index in [2.05, 4.69) is 60.6 Å². The zero-order valence-electron chi connectivity index (χ0n) is 10.1. The van der Waals surface area contributed by atoms with Crippen molar-refractivity contribution in [1.29, 1.82) is 0 Å². The van der Waals surface area contributed by atoms with Crippen LogP contribution in [0.15, 0.2) is 42.5 Å². The van der Waals surface area contributed by atoms with Crippen LogP contribution in [0, 0.1) is 12.3 Å². The zero-order chi connectivity index (χ0) is 12.1. The molecule has 0 fully saturated rings. The Kier molecular flexibility index (Phi) is 3.80. The standard InChI is InChI=1S/C16H17N/c1-3-15(17-4-2)12-14-10-7-9-13-8-5-6-11-16(13)14/h1,5-11,15,17H,4,12H2,2H3. The molecule has 2 aromatic carbocycles. The molecule has 0 amide bonds. The molecule has 0 radical (unpaired) electrons. The summed E-state index contributed by atoms with van der Waals surface area (Å²) in [5.74, 6) is 2.81. The third-order valence-corrected chi connectivity index (χ3v) is 2.96. The van der Waals surface area contributed by atoms with Gasteiger partial charge in [-0.15, -0.1) is 6.42 Å². The summed E-state index contributed by atoms with van der Waals surface area (Å²) in [5, 5.41) is 5.88. The van der Waals surface area contributed by atoms with Crippen LogP contribution in [0.25, 0.3) is 10.8 Å². The van der Waals surface area contributed by atoms with Gasteiger partial charge in [0.1, 0.15) is 0 Å². The van der Waals surface area contributed by atoms with E-state index in [1.807, 2.05) is 0 Å². The maximum absolute atomic E-state index is 5.54. The van der Waals surface area contributed by atoms with Crippen LogP contribution in [0.1, 0.15) is 12.5 Å². The Labute approximate surface area is 103 Å². The first-order valence-corrected chi connectivity index (χ1v) is 6.01. The monoisotopic (exact) mass is 223 g/mol. The van der Waals surface area contributed by atoms with Gasteiger partial charge in [-0.25, -0.2) is 0 Å². The molecule has 0 aliphatic rings. The van der Waals surface area contributed by atoms with Gasteiger partial charge in [-0.1, -0.05) is 55.3 Å². The van der Waals surface area contributed by atoms with E-state index in [-0.39, 0.29) is 6.04 Å². The van der Waals surface area contributed by atoms with Crippen molar-refractivity contribution < 1.29 is 0 Å². The van der Waals surface area contributed by atoms with Crippen molar-refractivity contribution in [3.8, 4) is 12.3 Å². The fourth-order valence-electron chi connectivity index (χ4n) is 2.13. The summed E-state index contributed by atoms with van der Waals surface area (Å²) in [6, 6.07) is 14.9. The minimum Gasteiger partial charge on any atom is -0.304 e. The van der Waals surface area contributed by atoms with E-state index >= 15 is 0 Å². The Balaban J connectivity index is 2.33. The molecule has 1 unspecified atom stereocenters. The highest BCUT2D eigenvalue weighted by Gasteiger charge is 2.07. The average Bonchev–Trinajstić information content (AvgIpc) is 2.38. The van der Waals surface area contributed by atoms with Gasteiger partial charge in [0.25, 0.3) is 0 Å². The van der Waals surface area contributed by atoms with Crippen molar-refractivity contribution in [2.24, 2.45) is 0 Å². The first-order valence-electron chi connectivity index (χ1n) is 6.01. The van der Waals surface area contributed by atoms with Gasteiger partial charge >= 0.3 is 0 Å². The predicted octanol–water partition coefficient (Wildman–Crippen LogP) is 2.99. The summed E-state index contributed by atoms with van der Waals surface area (Å²) >= 11 is 0. The van der Waals surface area contributed by atoms with Gasteiger partial charge in [-0.2, -0.15) is 0 Å². The van der Waals surface area contributed by atoms with Crippen LogP contribution >= 0.6 is 0 Å². The fraction of sp³-hybridized carbons (Fsp3) is 0.250. The van der Waals surface area contributed by atoms with Gasteiger partial charge < -0.3 is 5.32 Å². The minimum absolute atomic E-state index is 0.116. The molecule has 2 rings (SSSR count). The highest BCUT2D eigenvalue weighted by atomic mass is 14.9. The van der Waals surface area contributed by atoms with E-state index in [0.717, 1.165) is 13.0 Å². The summed E-state index contributed by atoms with van der Waals surface area (Å²) in [7, 11) is 0. The van der Waals surface area contributed by atoms with Crippen LogP contribution in [-0.4, -0.2) is 12.6 Å². The van der Waals surface area contributed by atoms with Gasteiger partial charge in [0.05, 0.1) is 6.04 Å². The third kappa shape index (κ3) is 2.67. The van der Waals surface area contributed by atoms with Crippen LogP contribution in [0.2, 0.25) is 0 Å². The second kappa shape index (κ2) is 5.52. The molecule has 1 atom stereocenters. The smallest absolute Gasteiger partial charge is 0.0727 e. The molecule has 2 aromatic rings. The van der Waals surface area contributed by atoms with Gasteiger partial charge in [-0.3, -0.25) is 0 Å². The molecule has 0 heterocycles. The average molecular weight is 223 g/mol. The molecule has 0 bridgehead atoms. The lowest BCUT2D eigenvalue weighted by atomic mass is 9.99. The molecular formula is C16H17N. The molecular weight excluding hydrogens is 206 g/mol. The Hall–Kier alpha value is -1.78. The molecule has 86 valence electrons. The van der Waals surface area contributed by atoms with E-state index in [9.17, 15) is 0 Å². The normalized spacial score (nSPS) is 12.2. The van der Waals surface area contributed by atoms with Crippen LogP contribution < -0.4 is 5.32 Å². The summed E-state index contributed by atoms with van der Waals surface area (Å²) in [5.41, 5.74) is 1.31. The Morgan fingerprint density at radius 3 is 2.71 bits per heavy atom. The first-order chi connectivity index (χ1) is 8.35. The van der Waals surface area contributed by atoms with E-state index < -0.39 is 0 Å². The SMILES string of the molecule is C#CC(Cc1cccc2ccccc12)NCC. The van der Waals surface area contributed by atoms with Gasteiger partial charge in [-0.05, 0) is 29.3 Å². The number of fused-ring (bicyclic) bond motifs is 1. The molecule has 1 heteroatoms. The van der Waals surface area contributed by atoms with Gasteiger partial charge in [0.15, 0.2) is 0 Å². The van der Waals surface area contributed by atoms with E-state index in [1.165, 1.54) is 16.3 Å². The molecule has 1 N–H and O–H groups in total. The van der Waals surface area contributed by atoms with Crippen molar-refractivity contribution in [3.63, 3.8) is 0 Å². The second-order valence-electron chi connectivity index (χ2n) is 4.12. The Bertz CT molecular complexity index is 531. The fourth-order valence-corrected chi connectivity index (χ4v) is 2.13. The molecule has 0 aliphatic heterocycles. The lowest BCUT2D eigenvalue weighted by Gasteiger charge is -2.13. The predicted molar refractivity (Wildman–Crippen MR) is 73.9 cm³/mol. The second-order valence-corrected chi connectivity index (χ2v) is 4.12. The van der Waals surface area contributed by atoms with Gasteiger partial charge in [0, 0.05) is 0 Å². The van der Waals surface area contributed by atoms with E-state index in [0.29, 0.717) is 0 Å². The lowest BCUT2D eigenvalue weighted by Crippen LogP contribution is -2.29. The molecule has 0 aromatic heterocycles. The number of hydrogen-bond donors (Lipinski definition) is 1. The third-order valence-electron chi connectivity index (χ3n) is 2.96. The molecule has 17 heavy (non-hydrogen) atoms. The van der Waals surface area contributed by atoms with Crippen molar-refractivity contribution in [3.05, 3.63) is 48.0 Å². The molecule has 1 nitrogen and oxygen atoms in total. The molecule has 0 saturated heterocycles. The Morgan fingerprint density at radius 2 is 1.94 bits per heavy atom. The lowest BCUT2D eigenvalue weighted by molar-refractivity contribution is 0.630. The largest absolute Gasteiger partial charge is 0.304 e. The number of terminal acetylenes is 1. The van der Waals surface area contributed by atoms with Crippen LogP contribution in [0.4, 0.5) is 0 Å². The highest BCUT2D eigenvalue weighted by molar-refractivity contribution is 5.85. The molecule has 0 saturated carbocycles. The maximum Gasteiger partial charge on any atom is 0.0727 e. The number of rotatable bonds is 4. The number of nitrogens with one attached hydrogen (secondary N) is 1.